The van der Waals surface area contributed by atoms with Crippen molar-refractivity contribution in [1.82, 2.24) is 10.3 Å². The van der Waals surface area contributed by atoms with E-state index >= 15 is 0 Å². The van der Waals surface area contributed by atoms with Gasteiger partial charge in [0.25, 0.3) is 5.91 Å². The van der Waals surface area contributed by atoms with E-state index in [1.54, 1.807) is 0 Å². The molecule has 0 atom stereocenters. The van der Waals surface area contributed by atoms with E-state index in [2.05, 4.69) is 4.98 Å². The number of carbonyl (C=O) groups excluding carboxylic acids is 1. The molecule has 1 aromatic rings. The second-order valence-corrected chi connectivity index (χ2v) is 6.41. The Morgan fingerprint density at radius 1 is 0.706 bits per heavy atom. The number of pyridine rings is 1. The van der Waals surface area contributed by atoms with Crippen molar-refractivity contribution >= 4 is 5.91 Å². The first-order valence-electron chi connectivity index (χ1n) is 8.04. The lowest BCUT2D eigenvalue weighted by molar-refractivity contribution is -0.443. The van der Waals surface area contributed by atoms with Gasteiger partial charge in [0.05, 0.1) is 0 Å². The second kappa shape index (κ2) is 8.62. The maximum Gasteiger partial charge on any atom is 0.392 e. The molecule has 196 valence electrons. The highest BCUT2D eigenvalue weighted by Gasteiger charge is 2.94. The van der Waals surface area contributed by atoms with Crippen LogP contribution in [0, 0.1) is 0 Å². The van der Waals surface area contributed by atoms with Gasteiger partial charge in [-0.15, -0.1) is 0 Å². The number of nitrogens with zero attached hydrogens (tertiary/aromatic N) is 1. The number of alkyl halides is 16. The van der Waals surface area contributed by atoms with Crippen molar-refractivity contribution < 1.29 is 75.0 Å². The monoisotopic (exact) mass is 536 g/mol. The number of hydrogen-bond donors (Lipinski definition) is 1. The van der Waals surface area contributed by atoms with Crippen molar-refractivity contribution in [2.24, 2.45) is 0 Å². The number of aromatic nitrogens is 1. The van der Waals surface area contributed by atoms with Gasteiger partial charge in [-0.05, 0) is 17.7 Å². The van der Waals surface area contributed by atoms with Crippen molar-refractivity contribution in [2.45, 2.75) is 54.4 Å². The Labute approximate surface area is 177 Å². The molecule has 0 aromatic carbocycles. The molecular weight excluding hydrogens is 528 g/mol. The van der Waals surface area contributed by atoms with Gasteiger partial charge in [0.2, 0.25) is 0 Å². The fourth-order valence-electron chi connectivity index (χ4n) is 2.07. The van der Waals surface area contributed by atoms with Crippen LogP contribution < -0.4 is 5.32 Å². The molecule has 0 saturated carbocycles. The molecule has 1 N–H and O–H groups in total. The third kappa shape index (κ3) is 4.09. The van der Waals surface area contributed by atoms with Crippen LogP contribution >= 0.6 is 0 Å². The molecule has 19 heteroatoms. The molecule has 1 rings (SSSR count). The number of rotatable bonds is 10. The van der Waals surface area contributed by atoms with Gasteiger partial charge in [0.15, 0.2) is 0 Å². The predicted octanol–water partition coefficient (Wildman–Crippen LogP) is 5.41. The Kier molecular flexibility index (Phi) is 7.48. The molecular formula is C15H8F16N2O. The van der Waals surface area contributed by atoms with Gasteiger partial charge in [-0.25, -0.2) is 8.78 Å². The van der Waals surface area contributed by atoms with Crippen molar-refractivity contribution in [3.05, 3.63) is 30.1 Å². The van der Waals surface area contributed by atoms with E-state index in [9.17, 15) is 75.0 Å². The van der Waals surface area contributed by atoms with Crippen LogP contribution in [0.1, 0.15) is 5.56 Å². The van der Waals surface area contributed by atoms with Crippen molar-refractivity contribution in [2.75, 3.05) is 0 Å². The molecule has 3 nitrogen and oxygen atoms in total. The summed E-state index contributed by atoms with van der Waals surface area (Å²) in [5.74, 6) is -59.6. The Balaban J connectivity index is 3.43. The van der Waals surface area contributed by atoms with Crippen LogP contribution in [0.15, 0.2) is 24.5 Å². The maximum absolute atomic E-state index is 13.7. The first-order chi connectivity index (χ1) is 14.9. The first-order valence-corrected chi connectivity index (χ1v) is 8.04. The number of amides is 1. The fraction of sp³-hybridized carbons (Fsp3) is 0.600. The van der Waals surface area contributed by atoms with E-state index in [4.69, 9.17) is 0 Å². The van der Waals surface area contributed by atoms with E-state index in [1.807, 2.05) is 0 Å². The molecule has 0 spiro atoms. The molecule has 0 radical (unpaired) electrons. The molecule has 0 bridgehead atoms. The van der Waals surface area contributed by atoms with Crippen molar-refractivity contribution in [1.29, 1.82) is 0 Å². The summed E-state index contributed by atoms with van der Waals surface area (Å²) in [7, 11) is 0. The van der Waals surface area contributed by atoms with Gasteiger partial charge in [-0.3, -0.25) is 9.78 Å². The molecule has 0 unspecified atom stereocenters. The minimum absolute atomic E-state index is 0.222. The topological polar surface area (TPSA) is 42.0 Å². The van der Waals surface area contributed by atoms with Crippen LogP contribution in [0.3, 0.4) is 0 Å². The zero-order chi connectivity index (χ0) is 27.2. The van der Waals surface area contributed by atoms with Crippen LogP contribution in [0.2, 0.25) is 0 Å². The summed E-state index contributed by atoms with van der Waals surface area (Å²) < 4.78 is 211. The Morgan fingerprint density at radius 3 is 1.50 bits per heavy atom. The molecule has 0 saturated heterocycles. The standard InChI is InChI=1S/C15H8F16N2O/c16-7(17)9(18,19)11(22,23)13(26,27)15(30,31)14(28,29)12(24,25)10(20,21)8(34)33-5-6-1-3-32-4-2-6/h1-4,7H,5H2,(H,33,34). The largest absolute Gasteiger partial charge is 0.392 e. The average molecular weight is 536 g/mol. The SMILES string of the molecule is O=C(NCc1ccncc1)C(F)(F)C(F)(F)C(F)(F)C(F)(F)C(F)(F)C(F)(F)C(F)(F)C(F)F. The maximum atomic E-state index is 13.7. The molecule has 1 aromatic heterocycles. The lowest BCUT2D eigenvalue weighted by Crippen LogP contribution is -2.74. The van der Waals surface area contributed by atoms with Crippen LogP contribution in [0.25, 0.3) is 0 Å². The third-order valence-electron chi connectivity index (χ3n) is 4.15. The molecule has 0 aliphatic rings. The van der Waals surface area contributed by atoms with Gasteiger partial charge < -0.3 is 5.32 Å². The minimum atomic E-state index is -8.54. The number of hydrogen-bond acceptors (Lipinski definition) is 2. The molecule has 0 aliphatic carbocycles. The highest BCUT2D eigenvalue weighted by Crippen LogP contribution is 2.62. The molecule has 34 heavy (non-hydrogen) atoms. The summed E-state index contributed by atoms with van der Waals surface area (Å²) in [6.07, 6.45) is -4.03. The van der Waals surface area contributed by atoms with Gasteiger partial charge in [-0.2, -0.15) is 61.5 Å². The number of carbonyl (C=O) groups is 1. The normalized spacial score (nSPS) is 15.0. The summed E-state index contributed by atoms with van der Waals surface area (Å²) in [5.41, 5.74) is -0.222. The fourth-order valence-corrected chi connectivity index (χ4v) is 2.07. The molecule has 0 aliphatic heterocycles. The predicted molar refractivity (Wildman–Crippen MR) is 76.7 cm³/mol. The molecule has 0 fully saturated rings. The van der Waals surface area contributed by atoms with E-state index in [-0.39, 0.29) is 5.56 Å². The van der Waals surface area contributed by atoms with Crippen LogP contribution in [-0.4, -0.2) is 58.8 Å². The Hall–Kier alpha value is -2.50. The number of halogens is 16. The summed E-state index contributed by atoms with van der Waals surface area (Å²) in [6, 6.07) is 1.87. The first kappa shape index (κ1) is 29.5. The Morgan fingerprint density at radius 2 is 1.09 bits per heavy atom. The van der Waals surface area contributed by atoms with Crippen LogP contribution in [0.5, 0.6) is 0 Å². The molecule has 1 amide bonds. The van der Waals surface area contributed by atoms with Gasteiger partial charge in [0.1, 0.15) is 0 Å². The smallest absolute Gasteiger partial charge is 0.347 e. The highest BCUT2D eigenvalue weighted by atomic mass is 19.4. The van der Waals surface area contributed by atoms with Crippen LogP contribution in [-0.2, 0) is 11.3 Å². The lowest BCUT2D eigenvalue weighted by Gasteiger charge is -2.42. The van der Waals surface area contributed by atoms with Gasteiger partial charge >= 0.3 is 47.9 Å². The van der Waals surface area contributed by atoms with E-state index in [1.165, 1.54) is 0 Å². The zero-order valence-corrected chi connectivity index (χ0v) is 15.5. The summed E-state index contributed by atoms with van der Waals surface area (Å²) in [4.78, 5) is 14.7. The van der Waals surface area contributed by atoms with Crippen molar-refractivity contribution in [3.8, 4) is 0 Å². The van der Waals surface area contributed by atoms with Crippen LogP contribution in [0.4, 0.5) is 70.2 Å². The Bertz CT molecular complexity index is 870. The summed E-state index contributed by atoms with van der Waals surface area (Å²) in [6.45, 7) is -1.18. The zero-order valence-electron chi connectivity index (χ0n) is 15.5. The van der Waals surface area contributed by atoms with Gasteiger partial charge in [0, 0.05) is 18.9 Å². The summed E-state index contributed by atoms with van der Waals surface area (Å²) >= 11 is 0. The van der Waals surface area contributed by atoms with E-state index in [0.717, 1.165) is 29.8 Å². The summed E-state index contributed by atoms with van der Waals surface area (Å²) in [5, 5.41) is 0.847. The second-order valence-electron chi connectivity index (χ2n) is 6.41. The lowest BCUT2D eigenvalue weighted by atomic mass is 9.89. The quantitative estimate of drug-likeness (QED) is 0.407. The van der Waals surface area contributed by atoms with Gasteiger partial charge in [-0.1, -0.05) is 0 Å². The third-order valence-corrected chi connectivity index (χ3v) is 4.15. The molecule has 1 heterocycles. The average Bonchev–Trinajstić information content (AvgIpc) is 2.71. The van der Waals surface area contributed by atoms with E-state index in [0.29, 0.717) is 0 Å². The highest BCUT2D eigenvalue weighted by molar-refractivity contribution is 5.84. The van der Waals surface area contributed by atoms with E-state index < -0.39 is 60.3 Å². The number of nitrogens with one attached hydrogen (secondary N) is 1. The minimum Gasteiger partial charge on any atom is -0.347 e. The van der Waals surface area contributed by atoms with Crippen molar-refractivity contribution in [3.63, 3.8) is 0 Å².